The molecule has 1 aromatic rings. The number of carbonyl (C=O) groups excluding carboxylic acids is 2. The molecule has 1 aromatic heterocycles. The van der Waals surface area contributed by atoms with Crippen molar-refractivity contribution < 1.29 is 9.59 Å². The number of aromatic nitrogens is 2. The second-order valence-electron chi connectivity index (χ2n) is 4.47. The van der Waals surface area contributed by atoms with Crippen LogP contribution in [0.1, 0.15) is 31.9 Å². The minimum absolute atomic E-state index is 0.0149. The van der Waals surface area contributed by atoms with E-state index in [4.69, 9.17) is 0 Å². The standard InChI is InChI=1S/C12H17N3O2/c1-9-8-11-14(6-3-7-15(11)13-9)12(17)5-4-10(2)16/h8H,3-7H2,1-2H3. The Hall–Kier alpha value is -1.65. The maximum Gasteiger partial charge on any atom is 0.228 e. The Labute approximate surface area is 100 Å². The number of fused-ring (bicyclic) bond motifs is 1. The Kier molecular flexibility index (Phi) is 3.26. The molecule has 0 atom stereocenters. The highest BCUT2D eigenvalue weighted by atomic mass is 16.2. The van der Waals surface area contributed by atoms with Crippen LogP contribution in [0.4, 0.5) is 5.82 Å². The predicted octanol–water partition coefficient (Wildman–Crippen LogP) is 1.30. The van der Waals surface area contributed by atoms with Gasteiger partial charge in [0.15, 0.2) is 0 Å². The van der Waals surface area contributed by atoms with Gasteiger partial charge in [-0.15, -0.1) is 0 Å². The maximum atomic E-state index is 12.0. The average molecular weight is 235 g/mol. The van der Waals surface area contributed by atoms with Crippen LogP contribution in [0.2, 0.25) is 0 Å². The molecular weight excluding hydrogens is 218 g/mol. The highest BCUT2D eigenvalue weighted by Crippen LogP contribution is 2.22. The third-order valence-corrected chi connectivity index (χ3v) is 2.90. The number of aryl methyl sites for hydroxylation is 2. The van der Waals surface area contributed by atoms with Gasteiger partial charge < -0.3 is 4.79 Å². The van der Waals surface area contributed by atoms with E-state index in [1.54, 1.807) is 4.90 Å². The molecule has 5 heteroatoms. The molecule has 1 aliphatic rings. The summed E-state index contributed by atoms with van der Waals surface area (Å²) >= 11 is 0. The molecule has 92 valence electrons. The summed E-state index contributed by atoms with van der Waals surface area (Å²) in [4.78, 5) is 24.6. The second kappa shape index (κ2) is 4.69. The molecule has 0 radical (unpaired) electrons. The summed E-state index contributed by atoms with van der Waals surface area (Å²) in [6.45, 7) is 5.02. The van der Waals surface area contributed by atoms with Crippen LogP contribution in [-0.2, 0) is 16.1 Å². The van der Waals surface area contributed by atoms with Crippen molar-refractivity contribution in [2.45, 2.75) is 39.7 Å². The lowest BCUT2D eigenvalue weighted by Gasteiger charge is -2.27. The fourth-order valence-corrected chi connectivity index (χ4v) is 2.08. The third kappa shape index (κ3) is 2.54. The molecule has 0 fully saturated rings. The number of carbonyl (C=O) groups is 2. The fraction of sp³-hybridized carbons (Fsp3) is 0.583. The number of hydrogen-bond acceptors (Lipinski definition) is 3. The van der Waals surface area contributed by atoms with Crippen LogP contribution in [-0.4, -0.2) is 28.0 Å². The fourth-order valence-electron chi connectivity index (χ4n) is 2.08. The number of Topliss-reactive ketones (excluding diaryl/α,β-unsaturated/α-hetero) is 1. The summed E-state index contributed by atoms with van der Waals surface area (Å²) in [6.07, 6.45) is 1.53. The maximum absolute atomic E-state index is 12.0. The number of hydrogen-bond donors (Lipinski definition) is 0. The highest BCUT2D eigenvalue weighted by molar-refractivity contribution is 5.94. The number of rotatable bonds is 3. The quantitative estimate of drug-likeness (QED) is 0.793. The highest BCUT2D eigenvalue weighted by Gasteiger charge is 2.23. The zero-order valence-corrected chi connectivity index (χ0v) is 10.3. The summed E-state index contributed by atoms with van der Waals surface area (Å²) in [7, 11) is 0. The molecule has 5 nitrogen and oxygen atoms in total. The van der Waals surface area contributed by atoms with Gasteiger partial charge in [-0.2, -0.15) is 5.10 Å². The van der Waals surface area contributed by atoms with Crippen molar-refractivity contribution in [1.29, 1.82) is 0 Å². The first-order valence-electron chi connectivity index (χ1n) is 5.92. The van der Waals surface area contributed by atoms with Gasteiger partial charge >= 0.3 is 0 Å². The van der Waals surface area contributed by atoms with Crippen molar-refractivity contribution in [3.05, 3.63) is 11.8 Å². The number of ketones is 1. The van der Waals surface area contributed by atoms with Crippen LogP contribution in [0.3, 0.4) is 0 Å². The Morgan fingerprint density at radius 2 is 2.12 bits per heavy atom. The molecule has 0 spiro atoms. The van der Waals surface area contributed by atoms with Crippen LogP contribution >= 0.6 is 0 Å². The van der Waals surface area contributed by atoms with Gasteiger partial charge in [-0.1, -0.05) is 0 Å². The molecule has 0 N–H and O–H groups in total. The van der Waals surface area contributed by atoms with E-state index in [1.165, 1.54) is 6.92 Å². The van der Waals surface area contributed by atoms with E-state index >= 15 is 0 Å². The molecule has 2 rings (SSSR count). The molecule has 1 aliphatic heterocycles. The summed E-state index contributed by atoms with van der Waals surface area (Å²) < 4.78 is 1.87. The van der Waals surface area contributed by atoms with E-state index in [1.807, 2.05) is 17.7 Å². The van der Waals surface area contributed by atoms with Crippen molar-refractivity contribution in [3.8, 4) is 0 Å². The van der Waals surface area contributed by atoms with Gasteiger partial charge in [0.05, 0.1) is 5.69 Å². The molecule has 0 bridgehead atoms. The van der Waals surface area contributed by atoms with Crippen LogP contribution < -0.4 is 4.90 Å². The zero-order chi connectivity index (χ0) is 12.4. The zero-order valence-electron chi connectivity index (χ0n) is 10.3. The van der Waals surface area contributed by atoms with Crippen LogP contribution in [0.25, 0.3) is 0 Å². The minimum atomic E-state index is 0.0149. The monoisotopic (exact) mass is 235 g/mol. The summed E-state index contributed by atoms with van der Waals surface area (Å²) in [5.74, 6) is 0.934. The Morgan fingerprint density at radius 1 is 1.35 bits per heavy atom. The van der Waals surface area contributed by atoms with Gasteiger partial charge in [0.25, 0.3) is 0 Å². The molecule has 0 aliphatic carbocycles. The number of anilines is 1. The molecular formula is C12H17N3O2. The summed E-state index contributed by atoms with van der Waals surface area (Å²) in [6, 6.07) is 1.92. The molecule has 0 saturated heterocycles. The van der Waals surface area contributed by atoms with Crippen molar-refractivity contribution in [3.63, 3.8) is 0 Å². The normalized spacial score (nSPS) is 14.6. The van der Waals surface area contributed by atoms with Crippen molar-refractivity contribution >= 4 is 17.5 Å². The van der Waals surface area contributed by atoms with Crippen molar-refractivity contribution in [1.82, 2.24) is 9.78 Å². The van der Waals surface area contributed by atoms with E-state index < -0.39 is 0 Å². The average Bonchev–Trinajstić information content (AvgIpc) is 2.65. The van der Waals surface area contributed by atoms with Crippen LogP contribution in [0, 0.1) is 6.92 Å². The van der Waals surface area contributed by atoms with E-state index in [-0.39, 0.29) is 11.7 Å². The summed E-state index contributed by atoms with van der Waals surface area (Å²) in [5, 5.41) is 4.33. The number of amides is 1. The topological polar surface area (TPSA) is 55.2 Å². The van der Waals surface area contributed by atoms with Crippen molar-refractivity contribution in [2.24, 2.45) is 0 Å². The lowest BCUT2D eigenvalue weighted by molar-refractivity contribution is -0.123. The molecule has 17 heavy (non-hydrogen) atoms. The Morgan fingerprint density at radius 3 is 2.82 bits per heavy atom. The molecule has 0 aromatic carbocycles. The van der Waals surface area contributed by atoms with Gasteiger partial charge in [-0.05, 0) is 20.3 Å². The molecule has 0 unspecified atom stereocenters. The van der Waals surface area contributed by atoms with Crippen molar-refractivity contribution in [2.75, 3.05) is 11.4 Å². The Balaban J connectivity index is 2.12. The lowest BCUT2D eigenvalue weighted by atomic mass is 10.2. The van der Waals surface area contributed by atoms with Crippen LogP contribution in [0.5, 0.6) is 0 Å². The Bertz CT molecular complexity index is 451. The van der Waals surface area contributed by atoms with Gasteiger partial charge in [0.2, 0.25) is 5.91 Å². The van der Waals surface area contributed by atoms with E-state index in [2.05, 4.69) is 5.10 Å². The first kappa shape index (κ1) is 11.8. The first-order chi connectivity index (χ1) is 8.08. The van der Waals surface area contributed by atoms with Gasteiger partial charge in [0, 0.05) is 32.0 Å². The van der Waals surface area contributed by atoms with E-state index in [9.17, 15) is 9.59 Å². The first-order valence-corrected chi connectivity index (χ1v) is 5.92. The SMILES string of the molecule is CC(=O)CCC(=O)N1CCCn2nc(C)cc21. The smallest absolute Gasteiger partial charge is 0.228 e. The van der Waals surface area contributed by atoms with Gasteiger partial charge in [-0.3, -0.25) is 9.69 Å². The molecule has 2 heterocycles. The van der Waals surface area contributed by atoms with Gasteiger partial charge in [0.1, 0.15) is 11.6 Å². The van der Waals surface area contributed by atoms with Gasteiger partial charge in [-0.25, -0.2) is 4.68 Å². The largest absolute Gasteiger partial charge is 0.300 e. The molecule has 0 saturated carbocycles. The summed E-state index contributed by atoms with van der Waals surface area (Å²) in [5.41, 5.74) is 0.922. The number of nitrogens with zero attached hydrogens (tertiary/aromatic N) is 3. The third-order valence-electron chi connectivity index (χ3n) is 2.90. The van der Waals surface area contributed by atoms with Crippen LogP contribution in [0.15, 0.2) is 6.07 Å². The van der Waals surface area contributed by atoms with E-state index in [0.717, 1.165) is 31.0 Å². The molecule has 1 amide bonds. The minimum Gasteiger partial charge on any atom is -0.300 e. The lowest BCUT2D eigenvalue weighted by Crippen LogP contribution is -2.37. The predicted molar refractivity (Wildman–Crippen MR) is 63.8 cm³/mol. The second-order valence-corrected chi connectivity index (χ2v) is 4.47. The van der Waals surface area contributed by atoms with E-state index in [0.29, 0.717) is 12.8 Å².